The number of carbonyl (C=O) groups excluding carboxylic acids is 3. The van der Waals surface area contributed by atoms with E-state index in [0.29, 0.717) is 23.4 Å². The highest BCUT2D eigenvalue weighted by molar-refractivity contribution is 6.04. The quantitative estimate of drug-likeness (QED) is 0.610. The van der Waals surface area contributed by atoms with Crippen molar-refractivity contribution in [1.29, 1.82) is 0 Å². The molecule has 6 heteroatoms. The predicted molar refractivity (Wildman–Crippen MR) is 122 cm³/mol. The Labute approximate surface area is 189 Å². The molecule has 0 spiro atoms. The lowest BCUT2D eigenvalue weighted by Gasteiger charge is -2.36. The molecule has 0 aliphatic heterocycles. The predicted octanol–water partition coefficient (Wildman–Crippen LogP) is 5.10. The molecule has 2 aromatic carbocycles. The number of para-hydroxylation sites is 1. The second-order valence-corrected chi connectivity index (χ2v) is 8.81. The number of benzene rings is 2. The Hall–Kier alpha value is -3.15. The zero-order valence-electron chi connectivity index (χ0n) is 18.9. The Kier molecular flexibility index (Phi) is 8.03. The summed E-state index contributed by atoms with van der Waals surface area (Å²) in [5, 5.41) is 2.65. The molecule has 0 bridgehead atoms. The summed E-state index contributed by atoms with van der Waals surface area (Å²) in [4.78, 5) is 37.7. The highest BCUT2D eigenvalue weighted by Gasteiger charge is 2.34. The van der Waals surface area contributed by atoms with Crippen molar-refractivity contribution in [2.24, 2.45) is 17.8 Å². The second kappa shape index (κ2) is 10.9. The molecule has 0 heterocycles. The number of carbonyl (C=O) groups is 3. The molecule has 32 heavy (non-hydrogen) atoms. The van der Waals surface area contributed by atoms with Gasteiger partial charge in [0.25, 0.3) is 5.91 Å². The molecule has 1 N–H and O–H groups in total. The molecule has 1 aliphatic rings. The van der Waals surface area contributed by atoms with Crippen LogP contribution in [0.15, 0.2) is 54.6 Å². The van der Waals surface area contributed by atoms with Gasteiger partial charge in [-0.1, -0.05) is 57.5 Å². The standard InChI is InChI=1S/C26H31NO5/c1-17(2)20-14-13-18(3)15-23(20)32-26(30)22-12-8-7-11-21(22)25(29)31-16-24(28)27-19-9-5-4-6-10-19/h4-12,17-18,20,23H,13-16H2,1-3H3,(H,27,28)/t18-,20-,23-/m1/s1. The molecular weight excluding hydrogens is 406 g/mol. The van der Waals surface area contributed by atoms with Crippen molar-refractivity contribution in [1.82, 2.24) is 0 Å². The lowest BCUT2D eigenvalue weighted by atomic mass is 9.75. The zero-order valence-corrected chi connectivity index (χ0v) is 18.9. The highest BCUT2D eigenvalue weighted by Crippen LogP contribution is 2.35. The smallest absolute Gasteiger partial charge is 0.339 e. The molecule has 1 saturated carbocycles. The van der Waals surface area contributed by atoms with Crippen LogP contribution in [-0.2, 0) is 14.3 Å². The van der Waals surface area contributed by atoms with Crippen molar-refractivity contribution in [3.8, 4) is 0 Å². The number of amides is 1. The van der Waals surface area contributed by atoms with Crippen LogP contribution in [0, 0.1) is 17.8 Å². The van der Waals surface area contributed by atoms with Crippen molar-refractivity contribution in [2.45, 2.75) is 46.1 Å². The van der Waals surface area contributed by atoms with E-state index in [1.807, 2.05) is 6.07 Å². The van der Waals surface area contributed by atoms with Gasteiger partial charge < -0.3 is 14.8 Å². The number of hydrogen-bond donors (Lipinski definition) is 1. The molecule has 6 nitrogen and oxygen atoms in total. The van der Waals surface area contributed by atoms with E-state index in [-0.39, 0.29) is 17.2 Å². The third-order valence-electron chi connectivity index (χ3n) is 5.98. The van der Waals surface area contributed by atoms with Crippen LogP contribution in [-0.4, -0.2) is 30.6 Å². The third-order valence-corrected chi connectivity index (χ3v) is 5.98. The van der Waals surface area contributed by atoms with Crippen molar-refractivity contribution in [2.75, 3.05) is 11.9 Å². The Morgan fingerprint density at radius 3 is 2.22 bits per heavy atom. The monoisotopic (exact) mass is 437 g/mol. The maximum Gasteiger partial charge on any atom is 0.339 e. The molecule has 1 amide bonds. The van der Waals surface area contributed by atoms with Gasteiger partial charge in [0.05, 0.1) is 11.1 Å². The number of rotatable bonds is 7. The van der Waals surface area contributed by atoms with Crippen molar-refractivity contribution < 1.29 is 23.9 Å². The van der Waals surface area contributed by atoms with Gasteiger partial charge in [0.2, 0.25) is 0 Å². The fourth-order valence-electron chi connectivity index (χ4n) is 4.22. The average Bonchev–Trinajstić information content (AvgIpc) is 2.78. The number of ether oxygens (including phenoxy) is 2. The summed E-state index contributed by atoms with van der Waals surface area (Å²) in [5.41, 5.74) is 0.857. The van der Waals surface area contributed by atoms with Gasteiger partial charge in [-0.3, -0.25) is 4.79 Å². The van der Waals surface area contributed by atoms with E-state index in [9.17, 15) is 14.4 Å². The van der Waals surface area contributed by atoms with Crippen LogP contribution in [0.25, 0.3) is 0 Å². The van der Waals surface area contributed by atoms with Gasteiger partial charge in [-0.25, -0.2) is 9.59 Å². The van der Waals surface area contributed by atoms with Gasteiger partial charge in [-0.2, -0.15) is 0 Å². The van der Waals surface area contributed by atoms with Crippen molar-refractivity contribution in [3.05, 3.63) is 65.7 Å². The van der Waals surface area contributed by atoms with E-state index in [4.69, 9.17) is 9.47 Å². The molecule has 0 radical (unpaired) electrons. The number of anilines is 1. The summed E-state index contributed by atoms with van der Waals surface area (Å²) in [7, 11) is 0. The first-order chi connectivity index (χ1) is 15.3. The van der Waals surface area contributed by atoms with Crippen LogP contribution in [0.3, 0.4) is 0 Å². The fourth-order valence-corrected chi connectivity index (χ4v) is 4.22. The minimum atomic E-state index is -0.738. The highest BCUT2D eigenvalue weighted by atomic mass is 16.5. The summed E-state index contributed by atoms with van der Waals surface area (Å²) in [6.07, 6.45) is 2.80. The molecule has 0 aromatic heterocycles. The number of esters is 2. The van der Waals surface area contributed by atoms with Crippen LogP contribution in [0.4, 0.5) is 5.69 Å². The normalized spacial score (nSPS) is 20.4. The molecule has 0 saturated heterocycles. The van der Waals surface area contributed by atoms with E-state index in [1.54, 1.807) is 42.5 Å². The molecule has 1 fully saturated rings. The van der Waals surface area contributed by atoms with Crippen LogP contribution in [0.5, 0.6) is 0 Å². The molecule has 3 atom stereocenters. The van der Waals surface area contributed by atoms with Crippen LogP contribution in [0.2, 0.25) is 0 Å². The van der Waals surface area contributed by atoms with Crippen LogP contribution in [0.1, 0.15) is 60.7 Å². The molecular formula is C26H31NO5. The summed E-state index contributed by atoms with van der Waals surface area (Å²) < 4.78 is 11.1. The summed E-state index contributed by atoms with van der Waals surface area (Å²) in [6, 6.07) is 15.3. The van der Waals surface area contributed by atoms with E-state index in [0.717, 1.165) is 19.3 Å². The van der Waals surface area contributed by atoms with Gasteiger partial charge in [-0.15, -0.1) is 0 Å². The van der Waals surface area contributed by atoms with E-state index in [1.165, 1.54) is 6.07 Å². The maximum absolute atomic E-state index is 13.0. The largest absolute Gasteiger partial charge is 0.458 e. The lowest BCUT2D eigenvalue weighted by molar-refractivity contribution is -0.119. The van der Waals surface area contributed by atoms with Gasteiger partial charge in [0.15, 0.2) is 6.61 Å². The van der Waals surface area contributed by atoms with Gasteiger partial charge in [0, 0.05) is 5.69 Å². The Morgan fingerprint density at radius 2 is 1.56 bits per heavy atom. The zero-order chi connectivity index (χ0) is 23.1. The van der Waals surface area contributed by atoms with Gasteiger partial charge in [-0.05, 0) is 54.9 Å². The van der Waals surface area contributed by atoms with Crippen LogP contribution >= 0.6 is 0 Å². The summed E-state index contributed by atoms with van der Waals surface area (Å²) >= 11 is 0. The van der Waals surface area contributed by atoms with Gasteiger partial charge in [0.1, 0.15) is 6.10 Å². The topological polar surface area (TPSA) is 81.7 Å². The maximum atomic E-state index is 13.0. The minimum absolute atomic E-state index is 0.0926. The third kappa shape index (κ3) is 6.19. The minimum Gasteiger partial charge on any atom is -0.458 e. The fraction of sp³-hybridized carbons (Fsp3) is 0.423. The number of hydrogen-bond acceptors (Lipinski definition) is 5. The Morgan fingerprint density at radius 1 is 0.938 bits per heavy atom. The van der Waals surface area contributed by atoms with Crippen molar-refractivity contribution >= 4 is 23.5 Å². The first kappa shape index (κ1) is 23.5. The number of nitrogens with one attached hydrogen (secondary N) is 1. The summed E-state index contributed by atoms with van der Waals surface area (Å²) in [6.45, 7) is 6.01. The van der Waals surface area contributed by atoms with Crippen molar-refractivity contribution in [3.63, 3.8) is 0 Å². The summed E-state index contributed by atoms with van der Waals surface area (Å²) in [5.74, 6) is -0.527. The Balaban J connectivity index is 1.64. The second-order valence-electron chi connectivity index (χ2n) is 8.81. The van der Waals surface area contributed by atoms with E-state index < -0.39 is 24.5 Å². The average molecular weight is 438 g/mol. The van der Waals surface area contributed by atoms with E-state index in [2.05, 4.69) is 26.1 Å². The molecule has 0 unspecified atom stereocenters. The first-order valence-corrected chi connectivity index (χ1v) is 11.2. The molecule has 1 aliphatic carbocycles. The van der Waals surface area contributed by atoms with E-state index >= 15 is 0 Å². The van der Waals surface area contributed by atoms with Gasteiger partial charge >= 0.3 is 11.9 Å². The van der Waals surface area contributed by atoms with Crippen LogP contribution < -0.4 is 5.32 Å². The SMILES string of the molecule is CC(C)[C@H]1CC[C@@H](C)C[C@H]1OC(=O)c1ccccc1C(=O)OCC(=O)Nc1ccccc1. The molecule has 2 aromatic rings. The lowest BCUT2D eigenvalue weighted by Crippen LogP contribution is -2.36. The first-order valence-electron chi connectivity index (χ1n) is 11.2. The molecule has 170 valence electrons. The Bertz CT molecular complexity index is 940. The molecule has 3 rings (SSSR count).